The van der Waals surface area contributed by atoms with Gasteiger partial charge in [0, 0.05) is 59.7 Å². The first kappa shape index (κ1) is 30.8. The summed E-state index contributed by atoms with van der Waals surface area (Å²) in [6, 6.07) is 3.84. The predicted octanol–water partition coefficient (Wildman–Crippen LogP) is 6.04. The molecule has 1 aromatic heterocycles. The van der Waals surface area contributed by atoms with Crippen molar-refractivity contribution in [3.05, 3.63) is 29.5 Å². The van der Waals surface area contributed by atoms with Crippen molar-refractivity contribution in [1.82, 2.24) is 14.8 Å². The van der Waals surface area contributed by atoms with Crippen molar-refractivity contribution < 1.29 is 19.2 Å². The first-order valence-corrected chi connectivity index (χ1v) is 17.2. The van der Waals surface area contributed by atoms with Gasteiger partial charge in [0.1, 0.15) is 6.54 Å². The fourth-order valence-corrected chi connectivity index (χ4v) is 8.37. The second kappa shape index (κ2) is 12.7. The molecule has 1 aromatic carbocycles. The number of rotatable bonds is 6. The van der Waals surface area contributed by atoms with Gasteiger partial charge in [0.25, 0.3) is 0 Å². The number of carbonyl (C=O) groups excluding carboxylic acids is 4. The van der Waals surface area contributed by atoms with Gasteiger partial charge in [0.05, 0.1) is 11.6 Å². The maximum atomic E-state index is 14.1. The minimum Gasteiger partial charge on any atom is -0.385 e. The summed E-state index contributed by atoms with van der Waals surface area (Å²) in [4.78, 5) is 55.0. The number of nitrogens with zero attached hydrogens (tertiary/aromatic N) is 2. The Labute approximate surface area is 261 Å². The molecule has 1 saturated heterocycles. The second-order valence-electron chi connectivity index (χ2n) is 14.3. The van der Waals surface area contributed by atoms with E-state index in [4.69, 9.17) is 0 Å². The van der Waals surface area contributed by atoms with Crippen LogP contribution in [0.25, 0.3) is 10.9 Å². The van der Waals surface area contributed by atoms with Crippen LogP contribution in [-0.4, -0.2) is 58.0 Å². The highest BCUT2D eigenvalue weighted by atomic mass is 16.2. The molecule has 2 amide bonds. The van der Waals surface area contributed by atoms with Crippen LogP contribution in [0.2, 0.25) is 0 Å². The number of ketones is 2. The van der Waals surface area contributed by atoms with Crippen LogP contribution >= 0.6 is 0 Å². The van der Waals surface area contributed by atoms with Gasteiger partial charge in [-0.2, -0.15) is 0 Å². The predicted molar refractivity (Wildman–Crippen MR) is 173 cm³/mol. The number of nitrogens with one attached hydrogen (secondary N) is 2. The van der Waals surface area contributed by atoms with Crippen molar-refractivity contribution in [3.8, 4) is 0 Å². The molecule has 2 saturated carbocycles. The minimum absolute atomic E-state index is 0.00938. The zero-order valence-electron chi connectivity index (χ0n) is 26.9. The highest BCUT2D eigenvalue weighted by Crippen LogP contribution is 2.59. The lowest BCUT2D eigenvalue weighted by Gasteiger charge is -2.27. The highest BCUT2D eigenvalue weighted by molar-refractivity contribution is 6.09. The largest absolute Gasteiger partial charge is 0.385 e. The normalized spacial score (nSPS) is 28.3. The van der Waals surface area contributed by atoms with Gasteiger partial charge in [-0.05, 0) is 75.5 Å². The van der Waals surface area contributed by atoms with Crippen LogP contribution in [0.1, 0.15) is 114 Å². The van der Waals surface area contributed by atoms with E-state index in [0.29, 0.717) is 30.9 Å². The van der Waals surface area contributed by atoms with Crippen molar-refractivity contribution >= 4 is 40.0 Å². The van der Waals surface area contributed by atoms with E-state index >= 15 is 0 Å². The molecule has 6 rings (SSSR count). The maximum absolute atomic E-state index is 14.1. The Balaban J connectivity index is 1.36. The van der Waals surface area contributed by atoms with Gasteiger partial charge in [-0.1, -0.05) is 46.0 Å². The van der Waals surface area contributed by atoms with Gasteiger partial charge in [-0.15, -0.1) is 0 Å². The molecule has 8 heteroatoms. The number of amides is 2. The molecular formula is C36H50N4O4. The SMILES string of the molecule is CCC(=O)[C@@H]1C[C@]23CNC(=O)[C@@H](C)CCCCCc4cc(NCC5CCCCC5)cc5c(C(C)=O)cn(c45)CC(=O)N1[C@@H]2C3. The quantitative estimate of drug-likeness (QED) is 0.393. The fraction of sp³-hybridized carbons (Fsp3) is 0.667. The van der Waals surface area contributed by atoms with E-state index in [-0.39, 0.29) is 47.3 Å². The minimum atomic E-state index is -0.455. The summed E-state index contributed by atoms with van der Waals surface area (Å²) in [5, 5.41) is 7.79. The lowest BCUT2D eigenvalue weighted by Crippen LogP contribution is -2.44. The van der Waals surface area contributed by atoms with Crippen LogP contribution in [0.3, 0.4) is 0 Å². The Kier molecular flexibility index (Phi) is 8.89. The van der Waals surface area contributed by atoms with E-state index in [1.54, 1.807) is 6.92 Å². The molecule has 4 atom stereocenters. The summed E-state index contributed by atoms with van der Waals surface area (Å²) in [7, 11) is 0. The zero-order valence-corrected chi connectivity index (χ0v) is 26.9. The summed E-state index contributed by atoms with van der Waals surface area (Å²) < 4.78 is 1.98. The van der Waals surface area contributed by atoms with Gasteiger partial charge < -0.3 is 20.1 Å². The molecule has 2 bridgehead atoms. The van der Waals surface area contributed by atoms with Gasteiger partial charge in [-0.25, -0.2) is 0 Å². The smallest absolute Gasteiger partial charge is 0.243 e. The van der Waals surface area contributed by atoms with Gasteiger partial charge in [0.15, 0.2) is 11.6 Å². The lowest BCUT2D eigenvalue weighted by molar-refractivity contribution is -0.139. The first-order valence-electron chi connectivity index (χ1n) is 17.2. The molecule has 2 aliphatic heterocycles. The molecule has 8 nitrogen and oxygen atoms in total. The summed E-state index contributed by atoms with van der Waals surface area (Å²) in [5.41, 5.74) is 3.57. The summed E-state index contributed by atoms with van der Waals surface area (Å²) in [5.74, 6) is 0.667. The van der Waals surface area contributed by atoms with Crippen molar-refractivity contribution in [2.45, 2.75) is 123 Å². The Morgan fingerprint density at radius 3 is 2.52 bits per heavy atom. The number of benzene rings is 1. The number of hydrogen-bond acceptors (Lipinski definition) is 5. The molecule has 2 aromatic rings. The van der Waals surface area contributed by atoms with Crippen LogP contribution in [0.15, 0.2) is 18.3 Å². The molecule has 2 N–H and O–H groups in total. The van der Waals surface area contributed by atoms with Crippen LogP contribution in [0, 0.1) is 17.3 Å². The monoisotopic (exact) mass is 602 g/mol. The van der Waals surface area contributed by atoms with E-state index in [1.165, 1.54) is 32.1 Å². The molecule has 3 heterocycles. The summed E-state index contributed by atoms with van der Waals surface area (Å²) >= 11 is 0. The average Bonchev–Trinajstić information content (AvgIpc) is 3.43. The Hall–Kier alpha value is -3.16. The topological polar surface area (TPSA) is 101 Å². The number of Topliss-reactive ketones (excluding diaryl/α,β-unsaturated/α-hetero) is 2. The molecule has 3 fully saturated rings. The zero-order chi connectivity index (χ0) is 31.0. The van der Waals surface area contributed by atoms with Crippen LogP contribution < -0.4 is 10.6 Å². The van der Waals surface area contributed by atoms with Gasteiger partial charge >= 0.3 is 0 Å². The van der Waals surface area contributed by atoms with Crippen LogP contribution in [0.5, 0.6) is 0 Å². The third-order valence-corrected chi connectivity index (χ3v) is 11.1. The lowest BCUT2D eigenvalue weighted by atomic mass is 9.89. The average molecular weight is 603 g/mol. The van der Waals surface area contributed by atoms with E-state index < -0.39 is 6.04 Å². The van der Waals surface area contributed by atoms with Crippen molar-refractivity contribution in [1.29, 1.82) is 0 Å². The summed E-state index contributed by atoms with van der Waals surface area (Å²) in [6.45, 7) is 7.00. The molecular weight excluding hydrogens is 552 g/mol. The van der Waals surface area contributed by atoms with Crippen molar-refractivity contribution in [2.75, 3.05) is 18.4 Å². The first-order chi connectivity index (χ1) is 21.2. The summed E-state index contributed by atoms with van der Waals surface area (Å²) in [6.07, 6.45) is 14.7. The van der Waals surface area contributed by atoms with Crippen molar-refractivity contribution in [2.24, 2.45) is 17.3 Å². The van der Waals surface area contributed by atoms with Crippen LogP contribution in [-0.2, 0) is 27.3 Å². The molecule has 2 aliphatic carbocycles. The molecule has 0 unspecified atom stereocenters. The number of piperidine rings is 1. The number of aryl methyl sites for hydroxylation is 1. The Morgan fingerprint density at radius 2 is 1.77 bits per heavy atom. The maximum Gasteiger partial charge on any atom is 0.243 e. The number of carbonyl (C=O) groups is 4. The number of anilines is 1. The van der Waals surface area contributed by atoms with Crippen molar-refractivity contribution in [3.63, 3.8) is 0 Å². The third kappa shape index (κ3) is 6.05. The third-order valence-electron chi connectivity index (χ3n) is 11.1. The number of hydrogen-bond donors (Lipinski definition) is 2. The van der Waals surface area contributed by atoms with Crippen LogP contribution in [0.4, 0.5) is 5.69 Å². The standard InChI is InChI=1S/C36H50N4O4/c1-4-31(42)30-17-36-18-32(36)40(30)33(43)21-39-20-29(24(3)41)28-16-27(37-19-25-12-8-6-9-13-25)15-26(34(28)39)14-10-5-7-11-23(2)35(44)38-22-36/h15-16,20,23,25,30,32,37H,4-14,17-19,21-22H2,1-3H3,(H,38,44)/t23-,30-,32+,36-/m0/s1. The molecule has 0 radical (unpaired) electrons. The Bertz CT molecular complexity index is 1440. The van der Waals surface area contributed by atoms with E-state index in [9.17, 15) is 19.2 Å². The second-order valence-corrected chi connectivity index (χ2v) is 14.3. The molecule has 238 valence electrons. The van der Waals surface area contributed by atoms with E-state index in [1.807, 2.05) is 29.5 Å². The Morgan fingerprint density at radius 1 is 1.02 bits per heavy atom. The van der Waals surface area contributed by atoms with E-state index in [2.05, 4.69) is 22.8 Å². The number of aromatic nitrogens is 1. The fourth-order valence-electron chi connectivity index (χ4n) is 8.37. The molecule has 0 spiro atoms. The van der Waals surface area contributed by atoms with Gasteiger partial charge in [-0.3, -0.25) is 19.2 Å². The van der Waals surface area contributed by atoms with Gasteiger partial charge in [0.2, 0.25) is 11.8 Å². The molecule has 44 heavy (non-hydrogen) atoms. The van der Waals surface area contributed by atoms with E-state index in [0.717, 1.165) is 67.2 Å². The highest BCUT2D eigenvalue weighted by Gasteiger charge is 2.66. The molecule has 4 aliphatic rings.